The van der Waals surface area contributed by atoms with Crippen molar-refractivity contribution in [1.82, 2.24) is 4.57 Å². The molecular weight excluding hydrogens is 234 g/mol. The molecule has 1 aliphatic rings. The van der Waals surface area contributed by atoms with Crippen molar-refractivity contribution in [2.75, 3.05) is 0 Å². The maximum atomic E-state index is 10.1. The summed E-state index contributed by atoms with van der Waals surface area (Å²) in [6, 6.07) is 12.9. The number of hydrogen-bond donors (Lipinski definition) is 1. The molecule has 2 nitrogen and oxygen atoms in total. The molecule has 0 spiro atoms. The number of aliphatic hydroxyl groups excluding tert-OH is 1. The molecule has 1 atom stereocenters. The monoisotopic (exact) mass is 251 g/mol. The van der Waals surface area contributed by atoms with Crippen LogP contribution in [0.5, 0.6) is 0 Å². The minimum absolute atomic E-state index is 0.275. The van der Waals surface area contributed by atoms with Gasteiger partial charge in [0.15, 0.2) is 0 Å². The fourth-order valence-electron chi connectivity index (χ4n) is 3.59. The van der Waals surface area contributed by atoms with Crippen LogP contribution in [0.15, 0.2) is 36.4 Å². The lowest BCUT2D eigenvalue weighted by Crippen LogP contribution is -1.94. The van der Waals surface area contributed by atoms with E-state index in [4.69, 9.17) is 0 Å². The normalized spacial score (nSPS) is 18.3. The number of benzene rings is 2. The van der Waals surface area contributed by atoms with Gasteiger partial charge in [0.1, 0.15) is 0 Å². The van der Waals surface area contributed by atoms with Crippen LogP contribution in [0, 0.1) is 0 Å². The molecule has 3 aromatic rings. The molecule has 0 bridgehead atoms. The van der Waals surface area contributed by atoms with E-state index in [2.05, 4.69) is 47.9 Å². The van der Waals surface area contributed by atoms with Gasteiger partial charge in [0.05, 0.1) is 6.10 Å². The second-order valence-electron chi connectivity index (χ2n) is 5.34. The van der Waals surface area contributed by atoms with Crippen LogP contribution in [0.25, 0.3) is 21.8 Å². The van der Waals surface area contributed by atoms with Crippen LogP contribution in [0.2, 0.25) is 0 Å². The highest BCUT2D eigenvalue weighted by atomic mass is 16.3. The topological polar surface area (TPSA) is 25.2 Å². The molecule has 0 amide bonds. The minimum atomic E-state index is -0.275. The first-order chi connectivity index (χ1) is 9.31. The molecule has 0 fully saturated rings. The van der Waals surface area contributed by atoms with E-state index in [1.165, 1.54) is 27.4 Å². The predicted molar refractivity (Wildman–Crippen MR) is 78.4 cm³/mol. The quantitative estimate of drug-likeness (QED) is 0.699. The van der Waals surface area contributed by atoms with Gasteiger partial charge in [0, 0.05) is 28.4 Å². The van der Waals surface area contributed by atoms with Gasteiger partial charge in [-0.25, -0.2) is 0 Å². The van der Waals surface area contributed by atoms with Crippen LogP contribution in [0.4, 0.5) is 0 Å². The Morgan fingerprint density at radius 3 is 2.84 bits per heavy atom. The van der Waals surface area contributed by atoms with Gasteiger partial charge in [-0.3, -0.25) is 0 Å². The second-order valence-corrected chi connectivity index (χ2v) is 5.34. The molecule has 19 heavy (non-hydrogen) atoms. The fraction of sp³-hybridized carbons (Fsp3) is 0.294. The fourth-order valence-corrected chi connectivity index (χ4v) is 3.59. The molecule has 1 aliphatic carbocycles. The molecule has 1 heterocycles. The molecule has 0 saturated heterocycles. The summed E-state index contributed by atoms with van der Waals surface area (Å²) in [6.45, 7) is 3.17. The van der Waals surface area contributed by atoms with Crippen LogP contribution < -0.4 is 0 Å². The van der Waals surface area contributed by atoms with Gasteiger partial charge in [-0.05, 0) is 43.0 Å². The Balaban J connectivity index is 2.23. The van der Waals surface area contributed by atoms with E-state index in [9.17, 15) is 5.11 Å². The second kappa shape index (κ2) is 3.84. The predicted octanol–water partition coefficient (Wildman–Crippen LogP) is 3.79. The van der Waals surface area contributed by atoms with Crippen molar-refractivity contribution in [1.29, 1.82) is 0 Å². The molecule has 0 unspecified atom stereocenters. The highest BCUT2D eigenvalue weighted by molar-refractivity contribution is 6.10. The molecule has 2 heteroatoms. The summed E-state index contributed by atoms with van der Waals surface area (Å²) in [4.78, 5) is 0. The average molecular weight is 251 g/mol. The number of fused-ring (bicyclic) bond motifs is 5. The number of aromatic nitrogens is 1. The van der Waals surface area contributed by atoms with E-state index in [0.29, 0.717) is 0 Å². The number of aryl methyl sites for hydroxylation is 2. The smallest absolute Gasteiger partial charge is 0.0796 e. The van der Waals surface area contributed by atoms with Crippen molar-refractivity contribution in [2.24, 2.45) is 0 Å². The Morgan fingerprint density at radius 1 is 1.16 bits per heavy atom. The minimum Gasteiger partial charge on any atom is -0.388 e. The highest BCUT2D eigenvalue weighted by Crippen LogP contribution is 2.40. The zero-order chi connectivity index (χ0) is 13.0. The first-order valence-corrected chi connectivity index (χ1v) is 7.02. The van der Waals surface area contributed by atoms with Gasteiger partial charge < -0.3 is 9.67 Å². The maximum absolute atomic E-state index is 10.1. The van der Waals surface area contributed by atoms with Gasteiger partial charge in [-0.1, -0.05) is 24.3 Å². The van der Waals surface area contributed by atoms with Gasteiger partial charge in [-0.2, -0.15) is 0 Å². The number of nitrogens with zero attached hydrogens (tertiary/aromatic N) is 1. The Labute approximate surface area is 112 Å². The molecule has 1 N–H and O–H groups in total. The van der Waals surface area contributed by atoms with Crippen molar-refractivity contribution in [3.8, 4) is 0 Å². The lowest BCUT2D eigenvalue weighted by Gasteiger charge is -2.06. The van der Waals surface area contributed by atoms with Crippen molar-refractivity contribution >= 4 is 21.8 Å². The van der Waals surface area contributed by atoms with Gasteiger partial charge in [-0.15, -0.1) is 0 Å². The Kier molecular flexibility index (Phi) is 2.24. The lowest BCUT2D eigenvalue weighted by molar-refractivity contribution is 0.180. The zero-order valence-corrected chi connectivity index (χ0v) is 11.1. The van der Waals surface area contributed by atoms with Crippen LogP contribution in [0.1, 0.15) is 30.6 Å². The number of aliphatic hydroxyl groups is 1. The first kappa shape index (κ1) is 11.1. The summed E-state index contributed by atoms with van der Waals surface area (Å²) in [5.74, 6) is 0. The third kappa shape index (κ3) is 1.35. The third-order valence-electron chi connectivity index (χ3n) is 4.43. The summed E-state index contributed by atoms with van der Waals surface area (Å²) in [7, 11) is 0. The molecule has 0 radical (unpaired) electrons. The van der Waals surface area contributed by atoms with Crippen LogP contribution in [-0.4, -0.2) is 9.67 Å². The number of rotatable bonds is 1. The van der Waals surface area contributed by atoms with E-state index in [-0.39, 0.29) is 6.10 Å². The third-order valence-corrected chi connectivity index (χ3v) is 4.43. The number of hydrogen-bond acceptors (Lipinski definition) is 1. The summed E-state index contributed by atoms with van der Waals surface area (Å²) >= 11 is 0. The first-order valence-electron chi connectivity index (χ1n) is 7.02. The standard InChI is InChI=1S/C17H17NO/c1-2-18-14-6-4-3-5-13(14)17-12-8-10-16(19)11(12)7-9-15(17)18/h3-7,9,16,19H,2,8,10H2,1H3/t16-/m1/s1. The van der Waals surface area contributed by atoms with E-state index >= 15 is 0 Å². The van der Waals surface area contributed by atoms with Gasteiger partial charge >= 0.3 is 0 Å². The Morgan fingerprint density at radius 2 is 2.00 bits per heavy atom. The van der Waals surface area contributed by atoms with E-state index in [1.807, 2.05) is 0 Å². The number of para-hydroxylation sites is 1. The SMILES string of the molecule is CCn1c2ccccc2c2c3c(ccc21)[C@H](O)CC3. The van der Waals surface area contributed by atoms with E-state index < -0.39 is 0 Å². The molecule has 0 saturated carbocycles. The van der Waals surface area contributed by atoms with Crippen LogP contribution >= 0.6 is 0 Å². The maximum Gasteiger partial charge on any atom is 0.0796 e. The zero-order valence-electron chi connectivity index (χ0n) is 11.1. The molecule has 0 aliphatic heterocycles. The van der Waals surface area contributed by atoms with Crippen molar-refractivity contribution in [2.45, 2.75) is 32.4 Å². The van der Waals surface area contributed by atoms with E-state index in [1.54, 1.807) is 0 Å². The molecule has 96 valence electrons. The van der Waals surface area contributed by atoms with E-state index in [0.717, 1.165) is 24.9 Å². The van der Waals surface area contributed by atoms with Crippen molar-refractivity contribution in [3.63, 3.8) is 0 Å². The van der Waals surface area contributed by atoms with Gasteiger partial charge in [0.2, 0.25) is 0 Å². The molecule has 1 aromatic heterocycles. The van der Waals surface area contributed by atoms with Crippen LogP contribution in [0.3, 0.4) is 0 Å². The highest BCUT2D eigenvalue weighted by Gasteiger charge is 2.24. The summed E-state index contributed by atoms with van der Waals surface area (Å²) in [5, 5.41) is 12.7. The largest absolute Gasteiger partial charge is 0.388 e. The van der Waals surface area contributed by atoms with Crippen molar-refractivity contribution < 1.29 is 5.11 Å². The Bertz CT molecular complexity index is 785. The molecule has 2 aromatic carbocycles. The van der Waals surface area contributed by atoms with Crippen LogP contribution in [-0.2, 0) is 13.0 Å². The average Bonchev–Trinajstić information content (AvgIpc) is 2.97. The van der Waals surface area contributed by atoms with Crippen molar-refractivity contribution in [3.05, 3.63) is 47.5 Å². The summed E-state index contributed by atoms with van der Waals surface area (Å²) in [6.07, 6.45) is 1.58. The molecular formula is C17H17NO. The van der Waals surface area contributed by atoms with Gasteiger partial charge in [0.25, 0.3) is 0 Å². The lowest BCUT2D eigenvalue weighted by atomic mass is 10.0. The molecule has 4 rings (SSSR count). The summed E-state index contributed by atoms with van der Waals surface area (Å²) in [5.41, 5.74) is 5.09. The summed E-state index contributed by atoms with van der Waals surface area (Å²) < 4.78 is 2.37. The Hall–Kier alpha value is -1.80.